The fourth-order valence-corrected chi connectivity index (χ4v) is 2.50. The molecule has 0 aromatic heterocycles. The van der Waals surface area contributed by atoms with Crippen molar-refractivity contribution in [2.24, 2.45) is 5.92 Å². The normalized spacial score (nSPS) is 11.0. The van der Waals surface area contributed by atoms with E-state index in [1.807, 2.05) is 6.07 Å². The molecule has 0 aliphatic heterocycles. The van der Waals surface area contributed by atoms with E-state index in [2.05, 4.69) is 13.8 Å². The van der Waals surface area contributed by atoms with Gasteiger partial charge in [-0.25, -0.2) is 4.39 Å². The van der Waals surface area contributed by atoms with E-state index in [1.165, 1.54) is 45.6 Å². The second-order valence-corrected chi connectivity index (χ2v) is 5.32. The molecule has 0 atom stereocenters. The molecule has 0 amide bonds. The summed E-state index contributed by atoms with van der Waals surface area (Å²) < 4.78 is 18.6. The van der Waals surface area contributed by atoms with Gasteiger partial charge >= 0.3 is 0 Å². The van der Waals surface area contributed by atoms with Gasteiger partial charge in [-0.05, 0) is 30.0 Å². The molecule has 0 fully saturated rings. The molecule has 0 heterocycles. The number of hydrogen-bond donors (Lipinski definition) is 0. The molecule has 19 heavy (non-hydrogen) atoms. The molecule has 0 aliphatic carbocycles. The molecule has 1 rings (SSSR count). The van der Waals surface area contributed by atoms with Gasteiger partial charge in [0.15, 0.2) is 11.6 Å². The zero-order valence-electron chi connectivity index (χ0n) is 12.5. The fourth-order valence-electron chi connectivity index (χ4n) is 2.50. The van der Waals surface area contributed by atoms with E-state index in [4.69, 9.17) is 4.74 Å². The number of halogens is 1. The van der Waals surface area contributed by atoms with Crippen LogP contribution in [0.4, 0.5) is 4.39 Å². The summed E-state index contributed by atoms with van der Waals surface area (Å²) in [6, 6.07) is 5.36. The standard InChI is InChI=1S/C17H27FO/c1-4-6-8-14(9-7-5-2)12-15-10-11-17(19-3)16(18)13-15/h10-11,13-14H,4-9,12H2,1-3H3. The Morgan fingerprint density at radius 1 is 1.11 bits per heavy atom. The molecule has 0 aliphatic rings. The Morgan fingerprint density at radius 3 is 2.21 bits per heavy atom. The van der Waals surface area contributed by atoms with Crippen molar-refractivity contribution in [1.82, 2.24) is 0 Å². The second kappa shape index (κ2) is 8.95. The quantitative estimate of drug-likeness (QED) is 0.583. The highest BCUT2D eigenvalue weighted by Gasteiger charge is 2.11. The molecule has 1 nitrogen and oxygen atoms in total. The van der Waals surface area contributed by atoms with Crippen LogP contribution in [-0.2, 0) is 6.42 Å². The lowest BCUT2D eigenvalue weighted by Gasteiger charge is -2.16. The summed E-state index contributed by atoms with van der Waals surface area (Å²) in [4.78, 5) is 0. The third-order valence-corrected chi connectivity index (χ3v) is 3.67. The van der Waals surface area contributed by atoms with Crippen LogP contribution in [0.1, 0.15) is 57.9 Å². The van der Waals surface area contributed by atoms with Gasteiger partial charge < -0.3 is 4.74 Å². The van der Waals surface area contributed by atoms with Gasteiger partial charge in [-0.1, -0.05) is 58.4 Å². The molecule has 0 unspecified atom stereocenters. The van der Waals surface area contributed by atoms with Crippen LogP contribution in [0.25, 0.3) is 0 Å². The number of unbranched alkanes of at least 4 members (excludes halogenated alkanes) is 2. The Kier molecular flexibility index (Phi) is 7.54. The lowest BCUT2D eigenvalue weighted by Crippen LogP contribution is -2.05. The van der Waals surface area contributed by atoms with Crippen LogP contribution in [0.15, 0.2) is 18.2 Å². The van der Waals surface area contributed by atoms with Crippen LogP contribution in [0.5, 0.6) is 5.75 Å². The number of ether oxygens (including phenoxy) is 1. The third-order valence-electron chi connectivity index (χ3n) is 3.67. The largest absolute Gasteiger partial charge is 0.494 e. The Hall–Kier alpha value is -1.05. The summed E-state index contributed by atoms with van der Waals surface area (Å²) in [5.74, 6) is 0.778. The van der Waals surface area contributed by atoms with E-state index in [9.17, 15) is 4.39 Å². The molecule has 2 heteroatoms. The molecule has 0 saturated heterocycles. The molecule has 0 radical (unpaired) electrons. The van der Waals surface area contributed by atoms with Crippen molar-refractivity contribution in [3.05, 3.63) is 29.6 Å². The summed E-state index contributed by atoms with van der Waals surface area (Å²) in [5, 5.41) is 0. The Morgan fingerprint density at radius 2 is 1.74 bits per heavy atom. The Bertz CT molecular complexity index is 354. The van der Waals surface area contributed by atoms with Crippen LogP contribution in [0, 0.1) is 11.7 Å². The predicted octanol–water partition coefficient (Wildman–Crippen LogP) is 5.37. The zero-order chi connectivity index (χ0) is 14.1. The van der Waals surface area contributed by atoms with E-state index >= 15 is 0 Å². The van der Waals surface area contributed by atoms with Crippen LogP contribution >= 0.6 is 0 Å². The fraction of sp³-hybridized carbons (Fsp3) is 0.647. The molecule has 0 N–H and O–H groups in total. The lowest BCUT2D eigenvalue weighted by molar-refractivity contribution is 0.384. The van der Waals surface area contributed by atoms with Crippen LogP contribution < -0.4 is 4.74 Å². The van der Waals surface area contributed by atoms with Gasteiger partial charge in [0.2, 0.25) is 0 Å². The van der Waals surface area contributed by atoms with Crippen molar-refractivity contribution in [1.29, 1.82) is 0 Å². The van der Waals surface area contributed by atoms with Crippen molar-refractivity contribution in [2.45, 2.75) is 58.8 Å². The topological polar surface area (TPSA) is 9.23 Å². The number of rotatable bonds is 9. The number of hydrogen-bond acceptors (Lipinski definition) is 1. The summed E-state index contributed by atoms with van der Waals surface area (Å²) in [7, 11) is 1.50. The zero-order valence-corrected chi connectivity index (χ0v) is 12.5. The van der Waals surface area contributed by atoms with Gasteiger partial charge in [-0.15, -0.1) is 0 Å². The highest BCUT2D eigenvalue weighted by atomic mass is 19.1. The minimum absolute atomic E-state index is 0.246. The highest BCUT2D eigenvalue weighted by Crippen LogP contribution is 2.24. The average molecular weight is 266 g/mol. The first kappa shape index (κ1) is 16.0. The molecule has 0 bridgehead atoms. The first-order valence-electron chi connectivity index (χ1n) is 7.53. The van der Waals surface area contributed by atoms with Crippen molar-refractivity contribution in [2.75, 3.05) is 7.11 Å². The monoisotopic (exact) mass is 266 g/mol. The van der Waals surface area contributed by atoms with Crippen molar-refractivity contribution >= 4 is 0 Å². The maximum absolute atomic E-state index is 13.7. The van der Waals surface area contributed by atoms with Gasteiger partial charge in [0, 0.05) is 0 Å². The first-order valence-corrected chi connectivity index (χ1v) is 7.53. The molecular formula is C17H27FO. The molecule has 0 saturated carbocycles. The van der Waals surface area contributed by atoms with Gasteiger partial charge in [-0.3, -0.25) is 0 Å². The van der Waals surface area contributed by atoms with E-state index < -0.39 is 0 Å². The van der Waals surface area contributed by atoms with E-state index in [-0.39, 0.29) is 5.82 Å². The van der Waals surface area contributed by atoms with E-state index in [1.54, 1.807) is 12.1 Å². The molecule has 0 spiro atoms. The maximum atomic E-state index is 13.7. The number of methoxy groups -OCH3 is 1. The van der Waals surface area contributed by atoms with Crippen LogP contribution in [0.3, 0.4) is 0 Å². The molecule has 1 aromatic rings. The molecule has 1 aromatic carbocycles. The lowest BCUT2D eigenvalue weighted by atomic mass is 9.90. The molecular weight excluding hydrogens is 239 g/mol. The second-order valence-electron chi connectivity index (χ2n) is 5.32. The van der Waals surface area contributed by atoms with Crippen molar-refractivity contribution in [3.63, 3.8) is 0 Å². The summed E-state index contributed by atoms with van der Waals surface area (Å²) >= 11 is 0. The van der Waals surface area contributed by atoms with Crippen LogP contribution in [-0.4, -0.2) is 7.11 Å². The van der Waals surface area contributed by atoms with E-state index in [0.717, 1.165) is 12.0 Å². The maximum Gasteiger partial charge on any atom is 0.165 e. The minimum Gasteiger partial charge on any atom is -0.494 e. The van der Waals surface area contributed by atoms with Crippen LogP contribution in [0.2, 0.25) is 0 Å². The summed E-state index contributed by atoms with van der Waals surface area (Å²) in [6.45, 7) is 4.45. The SMILES string of the molecule is CCCCC(CCCC)Cc1ccc(OC)c(F)c1. The summed E-state index contributed by atoms with van der Waals surface area (Å²) in [5.41, 5.74) is 1.09. The van der Waals surface area contributed by atoms with Crippen molar-refractivity contribution < 1.29 is 9.13 Å². The highest BCUT2D eigenvalue weighted by molar-refractivity contribution is 5.29. The van der Waals surface area contributed by atoms with Gasteiger partial charge in [-0.2, -0.15) is 0 Å². The van der Waals surface area contributed by atoms with Gasteiger partial charge in [0.05, 0.1) is 7.11 Å². The third kappa shape index (κ3) is 5.63. The predicted molar refractivity (Wildman–Crippen MR) is 79.2 cm³/mol. The van der Waals surface area contributed by atoms with Crippen molar-refractivity contribution in [3.8, 4) is 5.75 Å². The molecule has 108 valence electrons. The summed E-state index contributed by atoms with van der Waals surface area (Å²) in [6.07, 6.45) is 8.51. The average Bonchev–Trinajstić information content (AvgIpc) is 2.42. The minimum atomic E-state index is -0.246. The van der Waals surface area contributed by atoms with Gasteiger partial charge in [0.1, 0.15) is 0 Å². The van der Waals surface area contributed by atoms with E-state index in [0.29, 0.717) is 11.7 Å². The number of benzene rings is 1. The first-order chi connectivity index (χ1) is 9.21. The smallest absolute Gasteiger partial charge is 0.165 e. The Balaban J connectivity index is 2.63. The van der Waals surface area contributed by atoms with Gasteiger partial charge in [0.25, 0.3) is 0 Å². The Labute approximate surface area is 117 Å².